The van der Waals surface area contributed by atoms with Gasteiger partial charge in [0, 0.05) is 11.9 Å². The van der Waals surface area contributed by atoms with E-state index in [1.807, 2.05) is 62.4 Å². The smallest absolute Gasteiger partial charge is 0.255 e. The molecule has 0 unspecified atom stereocenters. The molecule has 1 amide bonds. The minimum Gasteiger partial charge on any atom is -0.490 e. The molecule has 3 N–H and O–H groups in total. The van der Waals surface area contributed by atoms with Crippen LogP contribution in [0.1, 0.15) is 31.0 Å². The van der Waals surface area contributed by atoms with Gasteiger partial charge in [-0.05, 0) is 61.5 Å². The largest absolute Gasteiger partial charge is 0.490 e. The highest BCUT2D eigenvalue weighted by Crippen LogP contribution is 2.35. The number of amides is 1. The van der Waals surface area contributed by atoms with E-state index >= 15 is 0 Å². The first-order valence-corrected chi connectivity index (χ1v) is 11.4. The fraction of sp³-hybridized carbons (Fsp3) is 0.192. The molecule has 1 aromatic heterocycles. The molecule has 1 aliphatic rings. The van der Waals surface area contributed by atoms with Crippen molar-refractivity contribution in [2.75, 3.05) is 11.9 Å². The van der Waals surface area contributed by atoms with Crippen molar-refractivity contribution in [2.45, 2.75) is 26.5 Å². The first-order chi connectivity index (χ1) is 16.5. The number of anilines is 1. The van der Waals surface area contributed by atoms with E-state index in [2.05, 4.69) is 20.9 Å². The Balaban J connectivity index is 1.62. The van der Waals surface area contributed by atoms with E-state index < -0.39 is 6.04 Å². The Morgan fingerprint density at radius 1 is 1.09 bits per heavy atom. The molecule has 1 aliphatic heterocycles. The van der Waals surface area contributed by atoms with E-state index in [-0.39, 0.29) is 5.91 Å². The second-order valence-electron chi connectivity index (χ2n) is 7.68. The zero-order chi connectivity index (χ0) is 23.9. The summed E-state index contributed by atoms with van der Waals surface area (Å²) in [6.07, 6.45) is 3.25. The van der Waals surface area contributed by atoms with Crippen molar-refractivity contribution in [2.24, 2.45) is 0 Å². The van der Waals surface area contributed by atoms with Crippen LogP contribution in [0.25, 0.3) is 0 Å². The second-order valence-corrected chi connectivity index (χ2v) is 8.09. The third-order valence-corrected chi connectivity index (χ3v) is 5.49. The second kappa shape index (κ2) is 10.8. The molecule has 0 radical (unpaired) electrons. The molecule has 0 spiro atoms. The zero-order valence-electron chi connectivity index (χ0n) is 19.0. The van der Waals surface area contributed by atoms with Crippen LogP contribution in [0, 0.1) is 0 Å². The minimum absolute atomic E-state index is 0.250. The van der Waals surface area contributed by atoms with Crippen LogP contribution in [0.2, 0.25) is 0 Å². The number of hydrogen-bond donors (Lipinski definition) is 3. The molecule has 2 aromatic carbocycles. The molecule has 0 aliphatic carbocycles. The summed E-state index contributed by atoms with van der Waals surface area (Å²) in [6, 6.07) is 18.7. The van der Waals surface area contributed by atoms with Gasteiger partial charge in [0.1, 0.15) is 6.61 Å². The Kier molecular flexibility index (Phi) is 7.39. The molecule has 3 aromatic rings. The van der Waals surface area contributed by atoms with Crippen LogP contribution in [0.4, 0.5) is 5.69 Å². The molecular formula is C26H26N4O3S. The number of nitrogens with zero attached hydrogens (tertiary/aromatic N) is 1. The minimum atomic E-state index is -0.465. The number of nitrogens with one attached hydrogen (secondary N) is 3. The number of pyridine rings is 1. The molecule has 7 nitrogen and oxygen atoms in total. The summed E-state index contributed by atoms with van der Waals surface area (Å²) >= 11 is 5.38. The molecule has 8 heteroatoms. The third kappa shape index (κ3) is 5.52. The number of thiocarbonyl (C=S) groups is 1. The normalized spacial score (nSPS) is 15.2. The van der Waals surface area contributed by atoms with Gasteiger partial charge in [0.15, 0.2) is 16.6 Å². The van der Waals surface area contributed by atoms with Gasteiger partial charge in [0.05, 0.1) is 30.1 Å². The average molecular weight is 475 g/mol. The highest BCUT2D eigenvalue weighted by molar-refractivity contribution is 7.80. The monoisotopic (exact) mass is 474 g/mol. The molecule has 1 atom stereocenters. The number of benzene rings is 2. The molecule has 4 rings (SSSR count). The van der Waals surface area contributed by atoms with Crippen LogP contribution < -0.4 is 25.4 Å². The lowest BCUT2D eigenvalue weighted by molar-refractivity contribution is -0.113. The molecule has 34 heavy (non-hydrogen) atoms. The summed E-state index contributed by atoms with van der Waals surface area (Å²) in [5.41, 5.74) is 3.71. The Morgan fingerprint density at radius 3 is 2.65 bits per heavy atom. The molecular weight excluding hydrogens is 448 g/mol. The van der Waals surface area contributed by atoms with Crippen molar-refractivity contribution < 1.29 is 14.3 Å². The predicted molar refractivity (Wildman–Crippen MR) is 136 cm³/mol. The van der Waals surface area contributed by atoms with Gasteiger partial charge in [-0.1, -0.05) is 36.4 Å². The van der Waals surface area contributed by atoms with E-state index in [4.69, 9.17) is 21.7 Å². The zero-order valence-corrected chi connectivity index (χ0v) is 19.8. The maximum atomic E-state index is 13.2. The SMILES string of the molecule is CCOc1cc([C@@H]2NC(=S)NC(C)=C2C(=O)Nc2cccnc2)ccc1OCc1ccccc1. The summed E-state index contributed by atoms with van der Waals surface area (Å²) < 4.78 is 11.9. The average Bonchev–Trinajstić information content (AvgIpc) is 2.84. The summed E-state index contributed by atoms with van der Waals surface area (Å²) in [4.78, 5) is 17.3. The number of carbonyl (C=O) groups excluding carboxylic acids is 1. The number of hydrogen-bond acceptors (Lipinski definition) is 5. The quantitative estimate of drug-likeness (QED) is 0.415. The Labute approximate surface area is 204 Å². The van der Waals surface area contributed by atoms with E-state index in [0.29, 0.717) is 46.8 Å². The fourth-order valence-electron chi connectivity index (χ4n) is 3.71. The Bertz CT molecular complexity index is 1200. The van der Waals surface area contributed by atoms with E-state index in [1.54, 1.807) is 24.5 Å². The van der Waals surface area contributed by atoms with Crippen LogP contribution in [-0.4, -0.2) is 22.6 Å². The first-order valence-electron chi connectivity index (χ1n) is 11.0. The van der Waals surface area contributed by atoms with E-state index in [1.165, 1.54) is 0 Å². The van der Waals surface area contributed by atoms with Gasteiger partial charge in [-0.2, -0.15) is 0 Å². The molecule has 0 saturated carbocycles. The summed E-state index contributed by atoms with van der Waals surface area (Å²) in [5, 5.41) is 9.62. The van der Waals surface area contributed by atoms with Crippen molar-refractivity contribution in [1.29, 1.82) is 0 Å². The number of ether oxygens (including phenoxy) is 2. The maximum absolute atomic E-state index is 13.2. The van der Waals surface area contributed by atoms with Crippen molar-refractivity contribution in [3.05, 3.63) is 95.5 Å². The number of rotatable bonds is 8. The van der Waals surface area contributed by atoms with E-state index in [9.17, 15) is 4.79 Å². The summed E-state index contributed by atoms with van der Waals surface area (Å²) in [7, 11) is 0. The molecule has 0 bridgehead atoms. The van der Waals surface area contributed by atoms with Gasteiger partial charge >= 0.3 is 0 Å². The van der Waals surface area contributed by atoms with Crippen LogP contribution in [-0.2, 0) is 11.4 Å². The predicted octanol–water partition coefficient (Wildman–Crippen LogP) is 4.49. The topological polar surface area (TPSA) is 84.5 Å². The summed E-state index contributed by atoms with van der Waals surface area (Å²) in [6.45, 7) is 4.65. The van der Waals surface area contributed by atoms with Crippen LogP contribution in [0.15, 0.2) is 84.3 Å². The maximum Gasteiger partial charge on any atom is 0.255 e. The Morgan fingerprint density at radius 2 is 1.91 bits per heavy atom. The van der Waals surface area contributed by atoms with Crippen molar-refractivity contribution in [3.8, 4) is 11.5 Å². The molecule has 0 saturated heterocycles. The lowest BCUT2D eigenvalue weighted by Crippen LogP contribution is -2.45. The number of allylic oxidation sites excluding steroid dienone is 1. The van der Waals surface area contributed by atoms with E-state index in [0.717, 1.165) is 11.1 Å². The third-order valence-electron chi connectivity index (χ3n) is 5.27. The van der Waals surface area contributed by atoms with Gasteiger partial charge in [-0.15, -0.1) is 0 Å². The van der Waals surface area contributed by atoms with Crippen molar-refractivity contribution in [1.82, 2.24) is 15.6 Å². The number of carbonyl (C=O) groups is 1. The molecule has 2 heterocycles. The van der Waals surface area contributed by atoms with Crippen LogP contribution >= 0.6 is 12.2 Å². The van der Waals surface area contributed by atoms with Gasteiger partial charge < -0.3 is 25.4 Å². The van der Waals surface area contributed by atoms with Crippen LogP contribution in [0.3, 0.4) is 0 Å². The standard InChI is InChI=1S/C26H26N4O3S/c1-3-32-22-14-19(11-12-21(22)33-16-18-8-5-4-6-9-18)24-23(17(2)28-26(34)30-24)25(31)29-20-10-7-13-27-15-20/h4-15,24H,3,16H2,1-2H3,(H,29,31)(H2,28,30,34)/t24-/m0/s1. The van der Waals surface area contributed by atoms with Gasteiger partial charge in [-0.3, -0.25) is 9.78 Å². The van der Waals surface area contributed by atoms with Crippen LogP contribution in [0.5, 0.6) is 11.5 Å². The first kappa shape index (κ1) is 23.3. The highest BCUT2D eigenvalue weighted by atomic mass is 32.1. The Hall–Kier alpha value is -3.91. The lowest BCUT2D eigenvalue weighted by atomic mass is 9.94. The molecule has 0 fully saturated rings. The van der Waals surface area contributed by atoms with Crippen molar-refractivity contribution >= 4 is 28.9 Å². The van der Waals surface area contributed by atoms with Crippen molar-refractivity contribution in [3.63, 3.8) is 0 Å². The van der Waals surface area contributed by atoms with Gasteiger partial charge in [-0.25, -0.2) is 0 Å². The van der Waals surface area contributed by atoms with Gasteiger partial charge in [0.25, 0.3) is 5.91 Å². The molecule has 174 valence electrons. The fourth-order valence-corrected chi connectivity index (χ4v) is 3.98. The van der Waals surface area contributed by atoms with Gasteiger partial charge in [0.2, 0.25) is 0 Å². The summed E-state index contributed by atoms with van der Waals surface area (Å²) in [5.74, 6) is 0.986. The lowest BCUT2D eigenvalue weighted by Gasteiger charge is -2.30. The highest BCUT2D eigenvalue weighted by Gasteiger charge is 2.30. The number of aromatic nitrogens is 1.